The van der Waals surface area contributed by atoms with Crippen LogP contribution in [-0.2, 0) is 9.53 Å². The molecule has 0 N–H and O–H groups in total. The van der Waals surface area contributed by atoms with Crippen LogP contribution in [0.2, 0.25) is 0 Å². The predicted octanol–water partition coefficient (Wildman–Crippen LogP) is 3.49. The van der Waals surface area contributed by atoms with E-state index in [1.165, 1.54) is 17.7 Å². The number of esters is 1. The Balaban J connectivity index is 2.25. The quantitative estimate of drug-likeness (QED) is 0.399. The van der Waals surface area contributed by atoms with Crippen LogP contribution in [0.25, 0.3) is 16.6 Å². The van der Waals surface area contributed by atoms with E-state index >= 15 is 0 Å². The maximum absolute atomic E-state index is 14.1. The number of fused-ring (bicyclic) bond motifs is 1. The molecule has 5 nitrogen and oxygen atoms in total. The SMILES string of the molecule is COC(=O)[C@@H](C)Sc1nc2ccccc2c(=O)n1-c1ccc(C)c(F)c1. The van der Waals surface area contributed by atoms with Crippen molar-refractivity contribution in [2.75, 3.05) is 7.11 Å². The summed E-state index contributed by atoms with van der Waals surface area (Å²) >= 11 is 1.09. The van der Waals surface area contributed by atoms with E-state index in [0.717, 1.165) is 11.8 Å². The minimum Gasteiger partial charge on any atom is -0.468 e. The van der Waals surface area contributed by atoms with Gasteiger partial charge in [-0.2, -0.15) is 0 Å². The molecule has 0 aliphatic carbocycles. The van der Waals surface area contributed by atoms with Crippen molar-refractivity contribution in [1.29, 1.82) is 0 Å². The fourth-order valence-electron chi connectivity index (χ4n) is 2.51. The van der Waals surface area contributed by atoms with Crippen LogP contribution in [0.4, 0.5) is 4.39 Å². The summed E-state index contributed by atoms with van der Waals surface area (Å²) in [7, 11) is 1.30. The highest BCUT2D eigenvalue weighted by molar-refractivity contribution is 8.00. The molecular weight excluding hydrogens is 355 g/mol. The fourth-order valence-corrected chi connectivity index (χ4v) is 3.47. The van der Waals surface area contributed by atoms with Crippen molar-refractivity contribution >= 4 is 28.6 Å². The summed E-state index contributed by atoms with van der Waals surface area (Å²) in [4.78, 5) is 29.3. The molecule has 1 atom stereocenters. The van der Waals surface area contributed by atoms with Gasteiger partial charge < -0.3 is 4.74 Å². The number of aromatic nitrogens is 2. The third kappa shape index (κ3) is 3.35. The van der Waals surface area contributed by atoms with Crippen molar-refractivity contribution in [2.45, 2.75) is 24.3 Å². The predicted molar refractivity (Wildman–Crippen MR) is 99.4 cm³/mol. The molecule has 0 fully saturated rings. The molecule has 0 saturated heterocycles. The normalized spacial score (nSPS) is 12.2. The maximum Gasteiger partial charge on any atom is 0.318 e. The molecule has 7 heteroatoms. The van der Waals surface area contributed by atoms with Crippen molar-refractivity contribution < 1.29 is 13.9 Å². The summed E-state index contributed by atoms with van der Waals surface area (Å²) in [6.45, 7) is 3.31. The number of hydrogen-bond donors (Lipinski definition) is 0. The molecular formula is C19H17FN2O3S. The number of halogens is 1. The van der Waals surface area contributed by atoms with Crippen molar-refractivity contribution in [2.24, 2.45) is 0 Å². The van der Waals surface area contributed by atoms with Crippen LogP contribution in [0, 0.1) is 12.7 Å². The third-order valence-corrected chi connectivity index (χ3v) is 5.00. The number of carbonyl (C=O) groups excluding carboxylic acids is 1. The fraction of sp³-hybridized carbons (Fsp3) is 0.211. The first-order chi connectivity index (χ1) is 12.4. The number of carbonyl (C=O) groups is 1. The molecule has 0 amide bonds. The zero-order valence-electron chi connectivity index (χ0n) is 14.5. The zero-order valence-corrected chi connectivity index (χ0v) is 15.3. The largest absolute Gasteiger partial charge is 0.468 e. The van der Waals surface area contributed by atoms with Crippen LogP contribution in [0.5, 0.6) is 0 Å². The molecule has 3 aromatic rings. The van der Waals surface area contributed by atoms with E-state index in [4.69, 9.17) is 4.74 Å². The average Bonchev–Trinajstić information content (AvgIpc) is 2.64. The van der Waals surface area contributed by atoms with Gasteiger partial charge in [0, 0.05) is 0 Å². The van der Waals surface area contributed by atoms with Crippen LogP contribution >= 0.6 is 11.8 Å². The minimum absolute atomic E-state index is 0.301. The van der Waals surface area contributed by atoms with Gasteiger partial charge in [-0.3, -0.25) is 14.2 Å². The number of thioether (sulfide) groups is 1. The van der Waals surface area contributed by atoms with Gasteiger partial charge in [-0.1, -0.05) is 30.0 Å². The molecule has 1 aromatic heterocycles. The van der Waals surface area contributed by atoms with Gasteiger partial charge >= 0.3 is 5.97 Å². The molecule has 1 heterocycles. The number of nitrogens with zero attached hydrogens (tertiary/aromatic N) is 2. The monoisotopic (exact) mass is 372 g/mol. The van der Waals surface area contributed by atoms with Gasteiger partial charge in [0.25, 0.3) is 5.56 Å². The molecule has 0 bridgehead atoms. The van der Waals surface area contributed by atoms with Gasteiger partial charge in [-0.05, 0) is 43.7 Å². The van der Waals surface area contributed by atoms with Gasteiger partial charge in [-0.25, -0.2) is 9.37 Å². The number of aryl methyl sites for hydroxylation is 1. The highest BCUT2D eigenvalue weighted by Crippen LogP contribution is 2.26. The highest BCUT2D eigenvalue weighted by atomic mass is 32.2. The zero-order chi connectivity index (χ0) is 18.8. The number of ether oxygens (including phenoxy) is 1. The van der Waals surface area contributed by atoms with E-state index in [9.17, 15) is 14.0 Å². The molecule has 0 spiro atoms. The second kappa shape index (κ2) is 7.29. The summed E-state index contributed by atoms with van der Waals surface area (Å²) in [5, 5.41) is 0.146. The van der Waals surface area contributed by atoms with Gasteiger partial charge in [0.15, 0.2) is 5.16 Å². The van der Waals surface area contributed by atoms with Crippen molar-refractivity contribution in [3.05, 3.63) is 64.2 Å². The first-order valence-electron chi connectivity index (χ1n) is 7.95. The molecule has 134 valence electrons. The molecule has 0 saturated carbocycles. The van der Waals surface area contributed by atoms with E-state index in [0.29, 0.717) is 27.3 Å². The van der Waals surface area contributed by atoms with E-state index in [1.54, 1.807) is 50.2 Å². The Labute approximate surface area is 153 Å². The molecule has 0 aliphatic heterocycles. The second-order valence-electron chi connectivity index (χ2n) is 5.77. The summed E-state index contributed by atoms with van der Waals surface area (Å²) < 4.78 is 20.1. The first kappa shape index (κ1) is 18.1. The summed E-state index contributed by atoms with van der Waals surface area (Å²) in [6, 6.07) is 11.5. The van der Waals surface area contributed by atoms with Crippen LogP contribution in [0.3, 0.4) is 0 Å². The minimum atomic E-state index is -0.574. The van der Waals surface area contributed by atoms with Crippen LogP contribution in [-0.4, -0.2) is 27.9 Å². The third-order valence-electron chi connectivity index (χ3n) is 3.97. The molecule has 0 radical (unpaired) electrons. The maximum atomic E-state index is 14.1. The lowest BCUT2D eigenvalue weighted by Crippen LogP contribution is -2.24. The number of methoxy groups -OCH3 is 1. The number of hydrogen-bond acceptors (Lipinski definition) is 5. The standard InChI is InChI=1S/C19H17FN2O3S/c1-11-8-9-13(10-15(11)20)22-17(23)14-6-4-5-7-16(14)21-19(22)26-12(2)18(24)25-3/h4-10,12H,1-3H3/t12-/m1/s1. The van der Waals surface area contributed by atoms with Gasteiger partial charge in [0.05, 0.1) is 23.7 Å². The molecule has 0 aliphatic rings. The Morgan fingerprint density at radius 2 is 2.00 bits per heavy atom. The van der Waals surface area contributed by atoms with E-state index in [1.807, 2.05) is 0 Å². The van der Waals surface area contributed by atoms with E-state index in [-0.39, 0.29) is 5.56 Å². The van der Waals surface area contributed by atoms with Gasteiger partial charge in [0.2, 0.25) is 0 Å². The topological polar surface area (TPSA) is 61.2 Å². The van der Waals surface area contributed by atoms with Crippen molar-refractivity contribution in [3.8, 4) is 5.69 Å². The highest BCUT2D eigenvalue weighted by Gasteiger charge is 2.21. The Bertz CT molecular complexity index is 1050. The molecule has 26 heavy (non-hydrogen) atoms. The second-order valence-corrected chi connectivity index (χ2v) is 7.08. The molecule has 3 rings (SSSR count). The van der Waals surface area contributed by atoms with E-state index < -0.39 is 17.0 Å². The molecule has 0 unspecified atom stereocenters. The Hall–Kier alpha value is -2.67. The van der Waals surface area contributed by atoms with Crippen LogP contribution < -0.4 is 5.56 Å². The number of para-hydroxylation sites is 1. The van der Waals surface area contributed by atoms with Crippen LogP contribution in [0.1, 0.15) is 12.5 Å². The van der Waals surface area contributed by atoms with Gasteiger partial charge in [-0.15, -0.1) is 0 Å². The van der Waals surface area contributed by atoms with E-state index in [2.05, 4.69) is 4.98 Å². The Morgan fingerprint density at radius 3 is 2.69 bits per heavy atom. The smallest absolute Gasteiger partial charge is 0.318 e. The number of rotatable bonds is 4. The lowest BCUT2D eigenvalue weighted by atomic mass is 10.2. The summed E-state index contributed by atoms with van der Waals surface area (Å²) in [5.41, 5.74) is 1.03. The van der Waals surface area contributed by atoms with Crippen LogP contribution in [0.15, 0.2) is 52.4 Å². The van der Waals surface area contributed by atoms with Crippen molar-refractivity contribution in [3.63, 3.8) is 0 Å². The Kier molecular flexibility index (Phi) is 5.08. The average molecular weight is 372 g/mol. The first-order valence-corrected chi connectivity index (χ1v) is 8.83. The van der Waals surface area contributed by atoms with Crippen molar-refractivity contribution in [1.82, 2.24) is 9.55 Å². The number of benzene rings is 2. The summed E-state index contributed by atoms with van der Waals surface area (Å²) in [5.74, 6) is -0.849. The Morgan fingerprint density at radius 1 is 1.27 bits per heavy atom. The summed E-state index contributed by atoms with van der Waals surface area (Å²) in [6.07, 6.45) is 0. The lowest BCUT2D eigenvalue weighted by Gasteiger charge is -2.15. The lowest BCUT2D eigenvalue weighted by molar-refractivity contribution is -0.139. The van der Waals surface area contributed by atoms with Gasteiger partial charge in [0.1, 0.15) is 11.1 Å². The molecule has 2 aromatic carbocycles.